The number of fused-ring (bicyclic) bond motifs is 3. The number of carbonyl (C=O) groups is 1. The minimum Gasteiger partial charge on any atom is -0.466 e. The van der Waals surface area contributed by atoms with Crippen molar-refractivity contribution in [2.45, 2.75) is 36.6 Å². The number of esters is 1. The molecular weight excluding hydrogens is 462 g/mol. The quantitative estimate of drug-likeness (QED) is 0.397. The number of nitrogens with zero attached hydrogens (tertiary/aromatic N) is 5. The van der Waals surface area contributed by atoms with Crippen molar-refractivity contribution in [3.8, 4) is 0 Å². The predicted molar refractivity (Wildman–Crippen MR) is 124 cm³/mol. The third kappa shape index (κ3) is 3.74. The van der Waals surface area contributed by atoms with Gasteiger partial charge in [0.15, 0.2) is 11.5 Å². The van der Waals surface area contributed by atoms with Gasteiger partial charge >= 0.3 is 5.97 Å². The molecule has 0 N–H and O–H groups in total. The highest BCUT2D eigenvalue weighted by Gasteiger charge is 2.31. The minimum atomic E-state index is -3.90. The van der Waals surface area contributed by atoms with Gasteiger partial charge in [0.1, 0.15) is 0 Å². The average molecular weight is 486 g/mol. The molecule has 11 heteroatoms. The Hall–Kier alpha value is -3.05. The van der Waals surface area contributed by atoms with Crippen LogP contribution in [0.25, 0.3) is 15.9 Å². The fraction of sp³-hybridized carbons (Fsp3) is 0.364. The monoisotopic (exact) mass is 485 g/mol. The normalized spacial score (nSPS) is 15.4. The first-order valence-electron chi connectivity index (χ1n) is 10.8. The number of rotatable bonds is 5. The highest BCUT2D eigenvalue weighted by Crippen LogP contribution is 2.35. The second kappa shape index (κ2) is 8.38. The zero-order valence-electron chi connectivity index (χ0n) is 18.3. The lowest BCUT2D eigenvalue weighted by Gasteiger charge is -2.32. The predicted octanol–water partition coefficient (Wildman–Crippen LogP) is 3.26. The Bertz CT molecular complexity index is 1440. The summed E-state index contributed by atoms with van der Waals surface area (Å²) in [5, 5.41) is 9.91. The van der Waals surface area contributed by atoms with Crippen LogP contribution in [0, 0.1) is 12.8 Å². The Morgan fingerprint density at radius 2 is 1.91 bits per heavy atom. The SMILES string of the molecule is CCOC(=O)C1CCN(c2nc3c(S(=O)(=O)c4ccc(C)cc4)nnn3c3ccsc23)CC1. The molecule has 5 rings (SSSR count). The van der Waals surface area contributed by atoms with Crippen molar-refractivity contribution < 1.29 is 17.9 Å². The van der Waals surface area contributed by atoms with Gasteiger partial charge in [-0.2, -0.15) is 4.52 Å². The molecule has 1 aliphatic heterocycles. The third-order valence-corrected chi connectivity index (χ3v) is 8.47. The van der Waals surface area contributed by atoms with Crippen LogP contribution < -0.4 is 4.90 Å². The lowest BCUT2D eigenvalue weighted by atomic mass is 9.97. The van der Waals surface area contributed by atoms with Crippen LogP contribution in [0.1, 0.15) is 25.3 Å². The molecule has 0 spiro atoms. The lowest BCUT2D eigenvalue weighted by molar-refractivity contribution is -0.148. The molecule has 33 heavy (non-hydrogen) atoms. The van der Waals surface area contributed by atoms with Crippen LogP contribution in [-0.2, 0) is 19.4 Å². The number of benzene rings is 1. The summed E-state index contributed by atoms with van der Waals surface area (Å²) >= 11 is 1.52. The van der Waals surface area contributed by atoms with Crippen molar-refractivity contribution >= 4 is 48.8 Å². The molecule has 0 saturated carbocycles. The van der Waals surface area contributed by atoms with E-state index in [4.69, 9.17) is 9.72 Å². The van der Waals surface area contributed by atoms with Gasteiger partial charge in [-0.3, -0.25) is 4.79 Å². The van der Waals surface area contributed by atoms with E-state index < -0.39 is 9.84 Å². The summed E-state index contributed by atoms with van der Waals surface area (Å²) in [4.78, 5) is 19.1. The first-order valence-corrected chi connectivity index (χ1v) is 13.1. The zero-order chi connectivity index (χ0) is 23.2. The van der Waals surface area contributed by atoms with Crippen molar-refractivity contribution in [1.82, 2.24) is 19.8 Å². The summed E-state index contributed by atoms with van der Waals surface area (Å²) in [5.74, 6) is 0.406. The first kappa shape index (κ1) is 21.8. The summed E-state index contributed by atoms with van der Waals surface area (Å²) in [5.41, 5.74) is 1.92. The number of aromatic nitrogens is 4. The molecule has 0 aliphatic carbocycles. The van der Waals surface area contributed by atoms with Gasteiger partial charge in [-0.25, -0.2) is 13.4 Å². The van der Waals surface area contributed by atoms with Gasteiger partial charge in [0.2, 0.25) is 14.9 Å². The molecular formula is C22H23N5O4S2. The number of anilines is 1. The number of piperidine rings is 1. The van der Waals surface area contributed by atoms with Gasteiger partial charge in [0.25, 0.3) is 0 Å². The third-order valence-electron chi connectivity index (χ3n) is 5.90. The topological polar surface area (TPSA) is 107 Å². The Labute approximate surface area is 194 Å². The van der Waals surface area contributed by atoms with E-state index in [1.165, 1.54) is 15.9 Å². The molecule has 0 amide bonds. The Balaban J connectivity index is 1.56. The maximum Gasteiger partial charge on any atom is 0.309 e. The van der Waals surface area contributed by atoms with Crippen molar-refractivity contribution in [3.63, 3.8) is 0 Å². The number of carbonyl (C=O) groups excluding carboxylic acids is 1. The molecule has 4 heterocycles. The van der Waals surface area contributed by atoms with E-state index in [1.54, 1.807) is 24.3 Å². The van der Waals surface area contributed by atoms with Crippen LogP contribution >= 0.6 is 11.3 Å². The highest BCUT2D eigenvalue weighted by molar-refractivity contribution is 7.91. The van der Waals surface area contributed by atoms with Crippen molar-refractivity contribution in [1.29, 1.82) is 0 Å². The number of hydrogen-bond donors (Lipinski definition) is 0. The van der Waals surface area contributed by atoms with Crippen LogP contribution in [0.2, 0.25) is 0 Å². The fourth-order valence-corrected chi connectivity index (χ4v) is 6.24. The zero-order valence-corrected chi connectivity index (χ0v) is 19.9. The van der Waals surface area contributed by atoms with Crippen LogP contribution in [0.3, 0.4) is 0 Å². The number of aryl methyl sites for hydroxylation is 1. The van der Waals surface area contributed by atoms with Gasteiger partial charge < -0.3 is 9.64 Å². The molecule has 1 aromatic carbocycles. The molecule has 3 aromatic heterocycles. The molecule has 1 aliphatic rings. The van der Waals surface area contributed by atoms with E-state index in [2.05, 4.69) is 15.2 Å². The Morgan fingerprint density at radius 3 is 2.61 bits per heavy atom. The second-order valence-electron chi connectivity index (χ2n) is 8.03. The highest BCUT2D eigenvalue weighted by atomic mass is 32.2. The Kier molecular flexibility index (Phi) is 5.53. The number of hydrogen-bond acceptors (Lipinski definition) is 9. The van der Waals surface area contributed by atoms with Crippen molar-refractivity contribution in [3.05, 3.63) is 41.3 Å². The summed E-state index contributed by atoms with van der Waals surface area (Å²) in [6.07, 6.45) is 1.31. The van der Waals surface area contributed by atoms with Crippen molar-refractivity contribution in [2.24, 2.45) is 5.92 Å². The van der Waals surface area contributed by atoms with E-state index in [-0.39, 0.29) is 27.5 Å². The van der Waals surface area contributed by atoms with Gasteiger partial charge in [-0.15, -0.1) is 16.4 Å². The smallest absolute Gasteiger partial charge is 0.309 e. The van der Waals surface area contributed by atoms with Crippen molar-refractivity contribution in [2.75, 3.05) is 24.6 Å². The number of sulfone groups is 1. The second-order valence-corrected chi connectivity index (χ2v) is 10.8. The number of thiophene rings is 1. The maximum absolute atomic E-state index is 13.3. The molecule has 0 bridgehead atoms. The molecule has 0 radical (unpaired) electrons. The molecule has 172 valence electrons. The first-order chi connectivity index (χ1) is 15.9. The molecule has 0 unspecified atom stereocenters. The molecule has 4 aromatic rings. The molecule has 0 atom stereocenters. The summed E-state index contributed by atoms with van der Waals surface area (Å²) in [6, 6.07) is 8.53. The van der Waals surface area contributed by atoms with Gasteiger partial charge in [0.05, 0.1) is 27.6 Å². The maximum atomic E-state index is 13.3. The number of ether oxygens (including phenoxy) is 1. The van der Waals surface area contributed by atoms with Crippen LogP contribution in [0.5, 0.6) is 0 Å². The molecule has 9 nitrogen and oxygen atoms in total. The van der Waals surface area contributed by atoms with E-state index in [1.807, 2.05) is 25.3 Å². The summed E-state index contributed by atoms with van der Waals surface area (Å²) in [7, 11) is -3.90. The lowest BCUT2D eigenvalue weighted by Crippen LogP contribution is -2.37. The van der Waals surface area contributed by atoms with Gasteiger partial charge in [-0.1, -0.05) is 22.9 Å². The van der Waals surface area contributed by atoms with Crippen LogP contribution in [0.4, 0.5) is 5.82 Å². The van der Waals surface area contributed by atoms with Crippen LogP contribution in [0.15, 0.2) is 45.6 Å². The average Bonchev–Trinajstić information content (AvgIpc) is 3.46. The summed E-state index contributed by atoms with van der Waals surface area (Å²) in [6.45, 7) is 5.33. The van der Waals surface area contributed by atoms with Gasteiger partial charge in [-0.05, 0) is 50.3 Å². The minimum absolute atomic E-state index is 0.127. The van der Waals surface area contributed by atoms with E-state index in [0.717, 1.165) is 15.8 Å². The van der Waals surface area contributed by atoms with E-state index in [0.29, 0.717) is 38.4 Å². The molecule has 1 saturated heterocycles. The van der Waals surface area contributed by atoms with E-state index in [9.17, 15) is 13.2 Å². The van der Waals surface area contributed by atoms with Crippen LogP contribution in [-0.4, -0.2) is 53.9 Å². The van der Waals surface area contributed by atoms with E-state index >= 15 is 0 Å². The standard InChI is InChI=1S/C22H23N5O4S2/c1-3-31-22(28)15-8-11-26(12-9-15)19-18-17(10-13-32-18)27-20(23-19)21(24-25-27)33(29,30)16-6-4-14(2)5-7-16/h4-7,10,13,15H,3,8-9,11-12H2,1-2H3. The largest absolute Gasteiger partial charge is 0.466 e. The Morgan fingerprint density at radius 1 is 1.18 bits per heavy atom. The van der Waals surface area contributed by atoms with Gasteiger partial charge in [0, 0.05) is 13.1 Å². The molecule has 1 fully saturated rings. The fourth-order valence-electron chi connectivity index (χ4n) is 4.11. The summed E-state index contributed by atoms with van der Waals surface area (Å²) < 4.78 is 34.3.